The van der Waals surface area contributed by atoms with E-state index < -0.39 is 0 Å². The largest absolute Gasteiger partial charge is 0.311 e. The number of rotatable bonds is 6. The molecule has 0 fully saturated rings. The molecule has 0 aliphatic rings. The zero-order chi connectivity index (χ0) is 13.5. The lowest BCUT2D eigenvalue weighted by Crippen LogP contribution is -2.17. The maximum Gasteiger partial charge on any atom is 0.272 e. The fraction of sp³-hybridized carbons (Fsp3) is 0.231. The molecule has 2 rings (SSSR count). The molecule has 0 amide bonds. The van der Waals surface area contributed by atoms with Gasteiger partial charge in [-0.05, 0) is 19.0 Å². The predicted octanol–water partition coefficient (Wildman–Crippen LogP) is 1.72. The average Bonchev–Trinajstić information content (AvgIpc) is 2.45. The normalized spacial score (nSPS) is 10.3. The number of hydrogen-bond acceptors (Lipinski definition) is 5. The summed E-state index contributed by atoms with van der Waals surface area (Å²) in [5, 5.41) is 14.0. The Morgan fingerprint density at radius 1 is 1.26 bits per heavy atom. The fourth-order valence-electron chi connectivity index (χ4n) is 1.76. The highest BCUT2D eigenvalue weighted by atomic mass is 16.6. The van der Waals surface area contributed by atoms with Gasteiger partial charge in [0.05, 0.1) is 10.6 Å². The van der Waals surface area contributed by atoms with Gasteiger partial charge in [-0.1, -0.05) is 18.2 Å². The summed E-state index contributed by atoms with van der Waals surface area (Å²) in [6.07, 6.45) is 3.80. The molecule has 1 aromatic carbocycles. The van der Waals surface area contributed by atoms with Gasteiger partial charge in [-0.15, -0.1) is 0 Å². The molecule has 6 heteroatoms. The van der Waals surface area contributed by atoms with Gasteiger partial charge in [0.15, 0.2) is 0 Å². The lowest BCUT2D eigenvalue weighted by atomic mass is 10.1. The third-order valence-electron chi connectivity index (χ3n) is 2.71. The minimum atomic E-state index is -0.347. The highest BCUT2D eigenvalue weighted by molar-refractivity contribution is 5.39. The molecule has 1 heterocycles. The molecule has 0 aliphatic heterocycles. The maximum absolute atomic E-state index is 10.8. The van der Waals surface area contributed by atoms with Crippen molar-refractivity contribution in [2.75, 3.05) is 6.54 Å². The molecule has 0 saturated carbocycles. The first-order valence-electron chi connectivity index (χ1n) is 5.95. The highest BCUT2D eigenvalue weighted by Crippen LogP contribution is 2.17. The lowest BCUT2D eigenvalue weighted by molar-refractivity contribution is -0.385. The number of nitro groups is 1. The Bertz CT molecular complexity index is 545. The Hall–Kier alpha value is -2.34. The van der Waals surface area contributed by atoms with Gasteiger partial charge in [-0.3, -0.25) is 10.1 Å². The molecule has 0 bridgehead atoms. The molecule has 0 aliphatic carbocycles. The van der Waals surface area contributed by atoms with E-state index in [0.29, 0.717) is 19.5 Å². The number of nitrogens with one attached hydrogen (secondary N) is 1. The molecule has 2 aromatic rings. The van der Waals surface area contributed by atoms with Crippen molar-refractivity contribution in [1.29, 1.82) is 0 Å². The van der Waals surface area contributed by atoms with Gasteiger partial charge >= 0.3 is 0 Å². The van der Waals surface area contributed by atoms with Crippen LogP contribution in [0.5, 0.6) is 0 Å². The van der Waals surface area contributed by atoms with Crippen molar-refractivity contribution >= 4 is 5.69 Å². The van der Waals surface area contributed by atoms with Gasteiger partial charge in [0.25, 0.3) is 5.69 Å². The van der Waals surface area contributed by atoms with E-state index in [0.717, 1.165) is 11.3 Å². The van der Waals surface area contributed by atoms with Crippen molar-refractivity contribution in [3.8, 4) is 0 Å². The topological polar surface area (TPSA) is 81.0 Å². The van der Waals surface area contributed by atoms with Gasteiger partial charge in [0.1, 0.15) is 6.33 Å². The zero-order valence-corrected chi connectivity index (χ0v) is 10.3. The fourth-order valence-corrected chi connectivity index (χ4v) is 1.76. The molecule has 98 valence electrons. The Balaban J connectivity index is 1.85. The van der Waals surface area contributed by atoms with E-state index in [1.165, 1.54) is 12.4 Å². The molecule has 1 N–H and O–H groups in total. The first kappa shape index (κ1) is 13.1. The van der Waals surface area contributed by atoms with Gasteiger partial charge in [0.2, 0.25) is 0 Å². The monoisotopic (exact) mass is 258 g/mol. The van der Waals surface area contributed by atoms with Crippen LogP contribution < -0.4 is 5.32 Å². The van der Waals surface area contributed by atoms with Crippen LogP contribution in [0.2, 0.25) is 0 Å². The van der Waals surface area contributed by atoms with E-state index in [4.69, 9.17) is 0 Å². The van der Waals surface area contributed by atoms with Crippen LogP contribution in [0.25, 0.3) is 0 Å². The van der Waals surface area contributed by atoms with Crippen LogP contribution in [-0.2, 0) is 13.0 Å². The van der Waals surface area contributed by atoms with Crippen molar-refractivity contribution in [3.05, 3.63) is 64.2 Å². The van der Waals surface area contributed by atoms with Gasteiger partial charge in [0, 0.05) is 24.4 Å². The molecule has 0 saturated heterocycles. The number of benzene rings is 1. The van der Waals surface area contributed by atoms with Crippen LogP contribution >= 0.6 is 0 Å². The second kappa shape index (κ2) is 6.55. The van der Waals surface area contributed by atoms with Crippen molar-refractivity contribution in [1.82, 2.24) is 15.3 Å². The molecular formula is C13H14N4O2. The third-order valence-corrected chi connectivity index (χ3v) is 2.71. The van der Waals surface area contributed by atoms with Gasteiger partial charge in [-0.25, -0.2) is 9.97 Å². The van der Waals surface area contributed by atoms with Crippen molar-refractivity contribution < 1.29 is 4.92 Å². The SMILES string of the molecule is O=[N+]([O-])c1ccccc1CCNCc1ccncn1. The summed E-state index contributed by atoms with van der Waals surface area (Å²) < 4.78 is 0. The summed E-state index contributed by atoms with van der Waals surface area (Å²) in [5.41, 5.74) is 1.81. The van der Waals surface area contributed by atoms with Crippen molar-refractivity contribution in [3.63, 3.8) is 0 Å². The highest BCUT2D eigenvalue weighted by Gasteiger charge is 2.11. The van der Waals surface area contributed by atoms with Crippen molar-refractivity contribution in [2.24, 2.45) is 0 Å². The standard InChI is InChI=1S/C13H14N4O2/c18-17(19)13-4-2-1-3-11(13)5-7-14-9-12-6-8-15-10-16-12/h1-4,6,8,10,14H,5,7,9H2. The van der Waals surface area contributed by atoms with Crippen LogP contribution in [0.3, 0.4) is 0 Å². The Kier molecular flexibility index (Phi) is 4.52. The summed E-state index contributed by atoms with van der Waals surface area (Å²) in [6, 6.07) is 8.63. The third kappa shape index (κ3) is 3.82. The molecule has 0 atom stereocenters. The predicted molar refractivity (Wildman–Crippen MR) is 70.5 cm³/mol. The Morgan fingerprint density at radius 3 is 2.84 bits per heavy atom. The minimum absolute atomic E-state index is 0.173. The Morgan fingerprint density at radius 2 is 2.11 bits per heavy atom. The van der Waals surface area contributed by atoms with Gasteiger partial charge in [-0.2, -0.15) is 0 Å². The number of nitro benzene ring substituents is 1. The molecule has 0 unspecified atom stereocenters. The summed E-state index contributed by atoms with van der Waals surface area (Å²) in [4.78, 5) is 18.4. The van der Waals surface area contributed by atoms with Crippen LogP contribution in [0.4, 0.5) is 5.69 Å². The van der Waals surface area contributed by atoms with E-state index in [2.05, 4.69) is 15.3 Å². The quantitative estimate of drug-likeness (QED) is 0.484. The summed E-state index contributed by atoms with van der Waals surface area (Å²) in [6.45, 7) is 1.29. The van der Waals surface area contributed by atoms with Crippen LogP contribution in [0.1, 0.15) is 11.3 Å². The van der Waals surface area contributed by atoms with E-state index in [1.54, 1.807) is 18.3 Å². The summed E-state index contributed by atoms with van der Waals surface area (Å²) in [5.74, 6) is 0. The molecule has 1 aromatic heterocycles. The number of nitrogens with zero attached hydrogens (tertiary/aromatic N) is 3. The molecular weight excluding hydrogens is 244 g/mol. The van der Waals surface area contributed by atoms with Crippen molar-refractivity contribution in [2.45, 2.75) is 13.0 Å². The molecule has 19 heavy (non-hydrogen) atoms. The van der Waals surface area contributed by atoms with Crippen LogP contribution in [0.15, 0.2) is 42.9 Å². The first-order valence-corrected chi connectivity index (χ1v) is 5.95. The minimum Gasteiger partial charge on any atom is -0.311 e. The molecule has 6 nitrogen and oxygen atoms in total. The zero-order valence-electron chi connectivity index (χ0n) is 10.3. The molecule has 0 spiro atoms. The van der Waals surface area contributed by atoms with E-state index in [1.807, 2.05) is 12.1 Å². The average molecular weight is 258 g/mol. The first-order chi connectivity index (χ1) is 9.27. The van der Waals surface area contributed by atoms with Crippen LogP contribution in [-0.4, -0.2) is 21.4 Å². The van der Waals surface area contributed by atoms with E-state index in [-0.39, 0.29) is 10.6 Å². The maximum atomic E-state index is 10.8. The lowest BCUT2D eigenvalue weighted by Gasteiger charge is -2.05. The number of para-hydroxylation sites is 1. The molecule has 0 radical (unpaired) electrons. The second-order valence-corrected chi connectivity index (χ2v) is 4.01. The Labute approximate surface area is 110 Å². The number of hydrogen-bond donors (Lipinski definition) is 1. The second-order valence-electron chi connectivity index (χ2n) is 4.01. The van der Waals surface area contributed by atoms with E-state index >= 15 is 0 Å². The van der Waals surface area contributed by atoms with Gasteiger partial charge < -0.3 is 5.32 Å². The summed E-state index contributed by atoms with van der Waals surface area (Å²) in [7, 11) is 0. The smallest absolute Gasteiger partial charge is 0.272 e. The van der Waals surface area contributed by atoms with E-state index in [9.17, 15) is 10.1 Å². The number of aromatic nitrogens is 2. The summed E-state index contributed by atoms with van der Waals surface area (Å²) >= 11 is 0. The van der Waals surface area contributed by atoms with Crippen LogP contribution in [0, 0.1) is 10.1 Å².